The Morgan fingerprint density at radius 3 is 3.06 bits per heavy atom. The molecule has 0 N–H and O–H groups in total. The average molecular weight is 248 g/mol. The number of benzene rings is 1. The first kappa shape index (κ1) is 11.0. The highest BCUT2D eigenvalue weighted by Gasteiger charge is 2.33. The number of carbonyl (C=O) groups is 1. The molecule has 3 rings (SSSR count). The summed E-state index contributed by atoms with van der Waals surface area (Å²) in [6, 6.07) is 4.60. The molecule has 0 amide bonds. The van der Waals surface area contributed by atoms with Gasteiger partial charge in [0.2, 0.25) is 0 Å². The lowest BCUT2D eigenvalue weighted by Crippen LogP contribution is -2.31. The van der Waals surface area contributed by atoms with Gasteiger partial charge in [0.25, 0.3) is 5.69 Å². The lowest BCUT2D eigenvalue weighted by molar-refractivity contribution is -0.384. The first-order valence-electron chi connectivity index (χ1n) is 5.89. The highest BCUT2D eigenvalue weighted by Crippen LogP contribution is 2.34. The van der Waals surface area contributed by atoms with Gasteiger partial charge in [0, 0.05) is 18.7 Å². The normalized spacial score (nSPS) is 21.9. The number of non-ortho nitro benzene ring substituents is 1. The predicted molar refractivity (Wildman–Crippen MR) is 63.7 cm³/mol. The van der Waals surface area contributed by atoms with E-state index < -0.39 is 10.9 Å². The molecule has 1 aromatic carbocycles. The van der Waals surface area contributed by atoms with Crippen LogP contribution in [0.25, 0.3) is 0 Å². The van der Waals surface area contributed by atoms with Crippen molar-refractivity contribution in [3.8, 4) is 0 Å². The van der Waals surface area contributed by atoms with Crippen molar-refractivity contribution in [1.29, 1.82) is 0 Å². The number of ether oxygens (including phenoxy) is 1. The molecular weight excluding hydrogens is 236 g/mol. The molecule has 1 atom stereocenters. The Kier molecular flexibility index (Phi) is 2.43. The minimum absolute atomic E-state index is 0.0802. The van der Waals surface area contributed by atoms with Gasteiger partial charge in [-0.2, -0.15) is 0 Å². The van der Waals surface area contributed by atoms with Crippen LogP contribution in [0.1, 0.15) is 23.2 Å². The van der Waals surface area contributed by atoms with Crippen LogP contribution >= 0.6 is 0 Å². The zero-order chi connectivity index (χ0) is 12.7. The van der Waals surface area contributed by atoms with E-state index in [2.05, 4.69) is 4.90 Å². The van der Waals surface area contributed by atoms with E-state index in [1.54, 1.807) is 6.07 Å². The van der Waals surface area contributed by atoms with Crippen LogP contribution in [0.15, 0.2) is 18.2 Å². The second-order valence-corrected chi connectivity index (χ2v) is 4.55. The minimum Gasteiger partial charge on any atom is -0.460 e. The maximum Gasteiger partial charge on any atom is 0.340 e. The highest BCUT2D eigenvalue weighted by molar-refractivity contribution is 5.97. The number of hydrogen-bond donors (Lipinski definition) is 0. The van der Waals surface area contributed by atoms with Crippen molar-refractivity contribution < 1.29 is 14.5 Å². The number of nitro groups is 1. The molecule has 0 spiro atoms. The third-order valence-electron chi connectivity index (χ3n) is 3.50. The Labute approximate surface area is 103 Å². The summed E-state index contributed by atoms with van der Waals surface area (Å²) in [6.07, 6.45) is 2.04. The molecule has 0 aromatic heterocycles. The van der Waals surface area contributed by atoms with Crippen molar-refractivity contribution >= 4 is 17.3 Å². The second-order valence-electron chi connectivity index (χ2n) is 4.55. The standard InChI is InChI=1S/C12H12N2O4/c15-12-10-6-8(14(16)17)3-4-11(10)13-5-1-2-9(13)7-18-12/h3-4,6,9H,1-2,5,7H2/t9-/m0/s1. The molecule has 0 aliphatic carbocycles. The van der Waals surface area contributed by atoms with Crippen LogP contribution in [-0.2, 0) is 4.74 Å². The van der Waals surface area contributed by atoms with Crippen LogP contribution in [0.5, 0.6) is 0 Å². The fourth-order valence-electron chi connectivity index (χ4n) is 2.63. The van der Waals surface area contributed by atoms with Gasteiger partial charge in [0.15, 0.2) is 0 Å². The molecule has 94 valence electrons. The third kappa shape index (κ3) is 1.61. The predicted octanol–water partition coefficient (Wildman–Crippen LogP) is 1.73. The summed E-state index contributed by atoms with van der Waals surface area (Å²) >= 11 is 0. The summed E-state index contributed by atoms with van der Waals surface area (Å²) in [6.45, 7) is 1.23. The first-order chi connectivity index (χ1) is 8.66. The van der Waals surface area contributed by atoms with E-state index in [9.17, 15) is 14.9 Å². The van der Waals surface area contributed by atoms with Gasteiger partial charge in [0.1, 0.15) is 6.61 Å². The fraction of sp³-hybridized carbons (Fsp3) is 0.417. The molecule has 0 radical (unpaired) electrons. The summed E-state index contributed by atoms with van der Waals surface area (Å²) in [4.78, 5) is 24.2. The van der Waals surface area contributed by atoms with Crippen LogP contribution in [0, 0.1) is 10.1 Å². The van der Waals surface area contributed by atoms with Gasteiger partial charge in [-0.05, 0) is 18.9 Å². The minimum atomic E-state index is -0.500. The van der Waals surface area contributed by atoms with E-state index in [1.807, 2.05) is 0 Å². The molecule has 6 nitrogen and oxygen atoms in total. The topological polar surface area (TPSA) is 72.7 Å². The maximum absolute atomic E-state index is 11.8. The van der Waals surface area contributed by atoms with Gasteiger partial charge in [-0.15, -0.1) is 0 Å². The number of nitro benzene ring substituents is 1. The quantitative estimate of drug-likeness (QED) is 0.430. The molecule has 2 aliphatic rings. The molecule has 18 heavy (non-hydrogen) atoms. The van der Waals surface area contributed by atoms with Crippen LogP contribution in [-0.4, -0.2) is 30.1 Å². The number of anilines is 1. The molecule has 2 heterocycles. The zero-order valence-electron chi connectivity index (χ0n) is 9.67. The van der Waals surface area contributed by atoms with Crippen molar-refractivity contribution in [1.82, 2.24) is 0 Å². The molecular formula is C12H12N2O4. The number of nitrogens with zero attached hydrogens (tertiary/aromatic N) is 2. The van der Waals surface area contributed by atoms with Gasteiger partial charge in [-0.1, -0.05) is 0 Å². The molecule has 1 fully saturated rings. The summed E-state index contributed by atoms with van der Waals surface area (Å²) in [7, 11) is 0. The molecule has 0 saturated carbocycles. The van der Waals surface area contributed by atoms with Crippen molar-refractivity contribution in [2.45, 2.75) is 18.9 Å². The fourth-order valence-corrected chi connectivity index (χ4v) is 2.63. The molecule has 0 bridgehead atoms. The van der Waals surface area contributed by atoms with E-state index in [0.717, 1.165) is 25.1 Å². The number of cyclic esters (lactones) is 1. The molecule has 2 aliphatic heterocycles. The van der Waals surface area contributed by atoms with E-state index in [1.165, 1.54) is 12.1 Å². The lowest BCUT2D eigenvalue weighted by atomic mass is 10.1. The maximum atomic E-state index is 11.8. The first-order valence-corrected chi connectivity index (χ1v) is 5.89. The monoisotopic (exact) mass is 248 g/mol. The van der Waals surface area contributed by atoms with Crippen LogP contribution in [0.2, 0.25) is 0 Å². The zero-order valence-corrected chi connectivity index (χ0v) is 9.67. The number of fused-ring (bicyclic) bond motifs is 3. The van der Waals surface area contributed by atoms with Crippen LogP contribution < -0.4 is 4.90 Å². The van der Waals surface area contributed by atoms with E-state index in [4.69, 9.17) is 4.74 Å². The lowest BCUT2D eigenvalue weighted by Gasteiger charge is -2.23. The third-order valence-corrected chi connectivity index (χ3v) is 3.50. The molecule has 1 aromatic rings. The second kappa shape index (κ2) is 3.97. The molecule has 0 unspecified atom stereocenters. The van der Waals surface area contributed by atoms with Crippen molar-refractivity contribution in [3.05, 3.63) is 33.9 Å². The van der Waals surface area contributed by atoms with Gasteiger partial charge in [0.05, 0.1) is 22.2 Å². The number of esters is 1. The van der Waals surface area contributed by atoms with Gasteiger partial charge in [-0.3, -0.25) is 10.1 Å². The SMILES string of the molecule is O=C1OC[C@@H]2CCCN2c2ccc([N+](=O)[O-])cc21. The summed E-state index contributed by atoms with van der Waals surface area (Å²) in [5.74, 6) is -0.469. The number of rotatable bonds is 1. The smallest absolute Gasteiger partial charge is 0.340 e. The Balaban J connectivity index is 2.11. The summed E-state index contributed by atoms with van der Waals surface area (Å²) in [5.41, 5.74) is 0.975. The number of carbonyl (C=O) groups excluding carboxylic acids is 1. The molecule has 6 heteroatoms. The Hall–Kier alpha value is -2.11. The van der Waals surface area contributed by atoms with Crippen molar-refractivity contribution in [2.75, 3.05) is 18.1 Å². The van der Waals surface area contributed by atoms with Crippen LogP contribution in [0.4, 0.5) is 11.4 Å². The van der Waals surface area contributed by atoms with Crippen LogP contribution in [0.3, 0.4) is 0 Å². The summed E-state index contributed by atoms with van der Waals surface area (Å²) in [5, 5.41) is 10.7. The van der Waals surface area contributed by atoms with E-state index in [0.29, 0.717) is 12.2 Å². The average Bonchev–Trinajstić information content (AvgIpc) is 2.78. The van der Waals surface area contributed by atoms with Gasteiger partial charge >= 0.3 is 5.97 Å². The molecule has 1 saturated heterocycles. The number of hydrogen-bond acceptors (Lipinski definition) is 5. The highest BCUT2D eigenvalue weighted by atomic mass is 16.6. The van der Waals surface area contributed by atoms with E-state index in [-0.39, 0.29) is 11.7 Å². The van der Waals surface area contributed by atoms with Crippen molar-refractivity contribution in [2.24, 2.45) is 0 Å². The largest absolute Gasteiger partial charge is 0.460 e. The summed E-state index contributed by atoms with van der Waals surface area (Å²) < 4.78 is 5.17. The van der Waals surface area contributed by atoms with Gasteiger partial charge in [-0.25, -0.2) is 4.79 Å². The Morgan fingerprint density at radius 2 is 2.28 bits per heavy atom. The van der Waals surface area contributed by atoms with Gasteiger partial charge < -0.3 is 9.64 Å². The Morgan fingerprint density at radius 1 is 1.44 bits per heavy atom. The van der Waals surface area contributed by atoms with Crippen molar-refractivity contribution in [3.63, 3.8) is 0 Å². The van der Waals surface area contributed by atoms with E-state index >= 15 is 0 Å². The Bertz CT molecular complexity index is 529.